The Hall–Kier alpha value is -0.120. The maximum absolute atomic E-state index is 6.43. The highest BCUT2D eigenvalue weighted by molar-refractivity contribution is 4.73. The molecule has 0 aromatic heterocycles. The minimum atomic E-state index is -0.834. The molecule has 0 bridgehead atoms. The van der Waals surface area contributed by atoms with Gasteiger partial charge in [-0.3, -0.25) is 0 Å². The predicted molar refractivity (Wildman–Crippen MR) is 122 cm³/mol. The zero-order valence-corrected chi connectivity index (χ0v) is 20.0. The molecule has 1 unspecified atom stereocenters. The van der Waals surface area contributed by atoms with Crippen molar-refractivity contribution < 1.29 is 14.2 Å². The van der Waals surface area contributed by atoms with Crippen LogP contribution in [0, 0.1) is 5.92 Å². The second-order valence-electron chi connectivity index (χ2n) is 8.25. The summed E-state index contributed by atoms with van der Waals surface area (Å²) in [7, 11) is 0. The van der Waals surface area contributed by atoms with E-state index >= 15 is 0 Å². The fraction of sp³-hybridized carbons (Fsp3) is 1.00. The van der Waals surface area contributed by atoms with Crippen molar-refractivity contribution in [2.24, 2.45) is 5.92 Å². The van der Waals surface area contributed by atoms with Crippen molar-refractivity contribution >= 4 is 0 Å². The summed E-state index contributed by atoms with van der Waals surface area (Å²) < 4.78 is 19.3. The van der Waals surface area contributed by atoms with Crippen LogP contribution in [0.4, 0.5) is 0 Å². The van der Waals surface area contributed by atoms with E-state index in [0.29, 0.717) is 5.92 Å². The van der Waals surface area contributed by atoms with E-state index in [2.05, 4.69) is 34.6 Å². The van der Waals surface area contributed by atoms with Crippen LogP contribution in [-0.2, 0) is 14.2 Å². The first kappa shape index (κ1) is 27.9. The molecule has 0 heterocycles. The maximum atomic E-state index is 6.43. The molecule has 0 amide bonds. The molecule has 28 heavy (non-hydrogen) atoms. The molecule has 3 nitrogen and oxygen atoms in total. The van der Waals surface area contributed by atoms with E-state index in [-0.39, 0.29) is 0 Å². The van der Waals surface area contributed by atoms with Gasteiger partial charge < -0.3 is 14.2 Å². The van der Waals surface area contributed by atoms with Crippen molar-refractivity contribution in [3.05, 3.63) is 0 Å². The summed E-state index contributed by atoms with van der Waals surface area (Å²) in [5.41, 5.74) is 0. The van der Waals surface area contributed by atoms with Gasteiger partial charge in [-0.05, 0) is 32.1 Å². The first-order chi connectivity index (χ1) is 13.7. The van der Waals surface area contributed by atoms with Crippen LogP contribution in [0.25, 0.3) is 0 Å². The van der Waals surface area contributed by atoms with Gasteiger partial charge in [-0.1, -0.05) is 98.8 Å². The van der Waals surface area contributed by atoms with Crippen LogP contribution < -0.4 is 0 Å². The van der Waals surface area contributed by atoms with Gasteiger partial charge >= 0.3 is 0 Å². The molecule has 0 saturated carbocycles. The third-order valence-electron chi connectivity index (χ3n) is 5.45. The molecule has 0 radical (unpaired) electrons. The average molecular weight is 401 g/mol. The molecule has 0 rings (SSSR count). The van der Waals surface area contributed by atoms with Crippen LogP contribution in [0.1, 0.15) is 131 Å². The summed E-state index contributed by atoms with van der Waals surface area (Å²) in [5.74, 6) is -0.506. The monoisotopic (exact) mass is 400 g/mol. The highest BCUT2D eigenvalue weighted by Gasteiger charge is 2.41. The fourth-order valence-electron chi connectivity index (χ4n) is 3.57. The molecule has 0 aromatic rings. The van der Waals surface area contributed by atoms with E-state index in [1.165, 1.54) is 38.5 Å². The minimum Gasteiger partial charge on any atom is -0.327 e. The predicted octanol–water partition coefficient (Wildman–Crippen LogP) is 8.26. The minimum absolute atomic E-state index is 0.328. The van der Waals surface area contributed by atoms with E-state index in [4.69, 9.17) is 14.2 Å². The standard InChI is InChI=1S/C25H52O3/c1-6-11-15-16-17-18-20-24(19-10-5)25(26-21-12-7-2,27-22-13-8-3)28-23-14-9-4/h24H,6-23H2,1-5H3. The normalized spacial score (nSPS) is 13.2. The van der Waals surface area contributed by atoms with Crippen molar-refractivity contribution in [3.8, 4) is 0 Å². The summed E-state index contributed by atoms with van der Waals surface area (Å²) >= 11 is 0. The third kappa shape index (κ3) is 13.2. The molecule has 0 aliphatic carbocycles. The summed E-state index contributed by atoms with van der Waals surface area (Å²) in [6, 6.07) is 0. The van der Waals surface area contributed by atoms with Crippen LogP contribution in [0.5, 0.6) is 0 Å². The number of unbranched alkanes of at least 4 members (excludes halogenated alkanes) is 8. The number of rotatable bonds is 22. The third-order valence-corrected chi connectivity index (χ3v) is 5.45. The van der Waals surface area contributed by atoms with Crippen LogP contribution in [0.2, 0.25) is 0 Å². The van der Waals surface area contributed by atoms with Crippen molar-refractivity contribution in [2.75, 3.05) is 19.8 Å². The van der Waals surface area contributed by atoms with Gasteiger partial charge in [0.15, 0.2) is 0 Å². The Balaban J connectivity index is 5.08. The van der Waals surface area contributed by atoms with Crippen LogP contribution in [0.15, 0.2) is 0 Å². The Kier molecular flexibility index (Phi) is 20.1. The molecule has 0 N–H and O–H groups in total. The second kappa shape index (κ2) is 20.2. The van der Waals surface area contributed by atoms with Gasteiger partial charge in [0.2, 0.25) is 0 Å². The molecule has 0 aliphatic heterocycles. The van der Waals surface area contributed by atoms with E-state index in [1.54, 1.807) is 0 Å². The van der Waals surface area contributed by atoms with Gasteiger partial charge in [0, 0.05) is 5.92 Å². The molecule has 170 valence electrons. The Morgan fingerprint density at radius 1 is 0.464 bits per heavy atom. The zero-order valence-electron chi connectivity index (χ0n) is 20.0. The Morgan fingerprint density at radius 3 is 1.32 bits per heavy atom. The second-order valence-corrected chi connectivity index (χ2v) is 8.25. The summed E-state index contributed by atoms with van der Waals surface area (Å²) in [5, 5.41) is 0. The smallest absolute Gasteiger partial charge is 0.285 e. The summed E-state index contributed by atoms with van der Waals surface area (Å²) in [4.78, 5) is 0. The van der Waals surface area contributed by atoms with Gasteiger partial charge in [-0.2, -0.15) is 0 Å². The molecule has 3 heteroatoms. The summed E-state index contributed by atoms with van der Waals surface area (Å²) in [6.45, 7) is 13.4. The lowest BCUT2D eigenvalue weighted by molar-refractivity contribution is -0.407. The van der Waals surface area contributed by atoms with E-state index in [1.807, 2.05) is 0 Å². The van der Waals surface area contributed by atoms with Crippen LogP contribution in [-0.4, -0.2) is 25.8 Å². The molecule has 0 fully saturated rings. The van der Waals surface area contributed by atoms with Gasteiger partial charge in [0.05, 0.1) is 19.8 Å². The van der Waals surface area contributed by atoms with Crippen molar-refractivity contribution in [3.63, 3.8) is 0 Å². The van der Waals surface area contributed by atoms with Crippen molar-refractivity contribution in [1.29, 1.82) is 0 Å². The maximum Gasteiger partial charge on any atom is 0.285 e. The highest BCUT2D eigenvalue weighted by atomic mass is 16.9. The first-order valence-electron chi connectivity index (χ1n) is 12.6. The van der Waals surface area contributed by atoms with Crippen molar-refractivity contribution in [1.82, 2.24) is 0 Å². The Labute approximate surface area is 177 Å². The average Bonchev–Trinajstić information content (AvgIpc) is 2.70. The zero-order chi connectivity index (χ0) is 20.9. The fourth-order valence-corrected chi connectivity index (χ4v) is 3.57. The topological polar surface area (TPSA) is 27.7 Å². The number of hydrogen-bond acceptors (Lipinski definition) is 3. The van der Waals surface area contributed by atoms with Crippen LogP contribution in [0.3, 0.4) is 0 Å². The van der Waals surface area contributed by atoms with Gasteiger partial charge in [0.1, 0.15) is 0 Å². The van der Waals surface area contributed by atoms with Gasteiger partial charge in [-0.15, -0.1) is 0 Å². The Bertz CT molecular complexity index is 280. The van der Waals surface area contributed by atoms with Crippen LogP contribution >= 0.6 is 0 Å². The van der Waals surface area contributed by atoms with E-state index in [0.717, 1.165) is 77.6 Å². The van der Waals surface area contributed by atoms with Crippen molar-refractivity contribution in [2.45, 2.75) is 137 Å². The molecule has 0 spiro atoms. The molecule has 1 atom stereocenters. The van der Waals surface area contributed by atoms with E-state index in [9.17, 15) is 0 Å². The molecule has 0 aliphatic rings. The Morgan fingerprint density at radius 2 is 0.893 bits per heavy atom. The largest absolute Gasteiger partial charge is 0.327 e. The molecule has 0 aromatic carbocycles. The highest BCUT2D eigenvalue weighted by Crippen LogP contribution is 2.35. The lowest BCUT2D eigenvalue weighted by Gasteiger charge is -2.40. The SMILES string of the molecule is CCCCCCCCC(CCC)C(OCCCC)(OCCCC)OCCCC. The van der Waals surface area contributed by atoms with Gasteiger partial charge in [0.25, 0.3) is 5.97 Å². The molecular weight excluding hydrogens is 348 g/mol. The van der Waals surface area contributed by atoms with Gasteiger partial charge in [-0.25, -0.2) is 0 Å². The quantitative estimate of drug-likeness (QED) is 0.135. The molecule has 0 saturated heterocycles. The number of hydrogen-bond donors (Lipinski definition) is 0. The lowest BCUT2D eigenvalue weighted by Crippen LogP contribution is -2.47. The number of ether oxygens (including phenoxy) is 3. The van der Waals surface area contributed by atoms with E-state index < -0.39 is 5.97 Å². The lowest BCUT2D eigenvalue weighted by atomic mass is 9.93. The first-order valence-corrected chi connectivity index (χ1v) is 12.6. The summed E-state index contributed by atoms with van der Waals surface area (Å²) in [6.07, 6.45) is 17.9. The molecular formula is C25H52O3.